The molecule has 2 aliphatic heterocycles. The van der Waals surface area contributed by atoms with Crippen molar-refractivity contribution in [2.24, 2.45) is 23.2 Å². The molecule has 0 amide bonds. The SMILES string of the molecule is CCOC(=O)CC[C@@H]1[C@H](COCc2ccccc2)[C@]2(OC)CC[C@]13[C@@H]1Cc4ccc(OC)c5c4[C@@]3(CCN1CC1CC1)[C@H]2O5. The Hall–Kier alpha value is -2.61. The van der Waals surface area contributed by atoms with E-state index in [1.165, 1.54) is 36.1 Å². The van der Waals surface area contributed by atoms with Crippen molar-refractivity contribution in [3.8, 4) is 11.5 Å². The van der Waals surface area contributed by atoms with Crippen LogP contribution in [0.2, 0.25) is 0 Å². The van der Waals surface area contributed by atoms with Crippen LogP contribution in [-0.4, -0.2) is 69.1 Å². The van der Waals surface area contributed by atoms with Crippen molar-refractivity contribution in [2.75, 3.05) is 40.5 Å². The summed E-state index contributed by atoms with van der Waals surface area (Å²) in [5.41, 5.74) is 3.21. The molecule has 7 atom stereocenters. The maximum Gasteiger partial charge on any atom is 0.305 e. The summed E-state index contributed by atoms with van der Waals surface area (Å²) in [6, 6.07) is 15.2. The first-order valence-electron chi connectivity index (χ1n) is 17.0. The van der Waals surface area contributed by atoms with Crippen molar-refractivity contribution < 1.29 is 28.5 Å². The maximum atomic E-state index is 13.0. The minimum atomic E-state index is -0.528. The lowest BCUT2D eigenvalue weighted by atomic mass is 9.31. The normalized spacial score (nSPS) is 36.1. The number of likely N-dealkylation sites (tertiary alicyclic amines) is 1. The summed E-state index contributed by atoms with van der Waals surface area (Å²) in [6.45, 7) is 5.70. The standard InChI is InChI=1S/C37H47NO6/c1-4-43-31(39)15-13-27-28(23-42-22-25-8-6-5-7-9-25)37(41-3)17-16-35(27)30-20-26-12-14-29(40-2)33-32(26)36(35,34(37)44-33)18-19-38(30)21-24-10-11-24/h5-9,12,14,24,27-28,30,34H,4,10-11,13,15-23H2,1-3H3/t27-,28+,30+,34-,35-,36+,37-/m1/s1. The summed E-state index contributed by atoms with van der Waals surface area (Å²) in [5.74, 6) is 2.79. The fourth-order valence-corrected chi connectivity index (χ4v) is 11.1. The highest BCUT2D eigenvalue weighted by Gasteiger charge is 2.83. The first-order valence-corrected chi connectivity index (χ1v) is 17.0. The van der Waals surface area contributed by atoms with E-state index in [0.29, 0.717) is 32.3 Å². The van der Waals surface area contributed by atoms with E-state index in [-0.39, 0.29) is 34.7 Å². The van der Waals surface area contributed by atoms with Crippen LogP contribution in [0.5, 0.6) is 11.5 Å². The number of rotatable bonds is 12. The van der Waals surface area contributed by atoms with Crippen LogP contribution in [0.15, 0.2) is 42.5 Å². The molecule has 7 heteroatoms. The van der Waals surface area contributed by atoms with Gasteiger partial charge in [0.2, 0.25) is 0 Å². The van der Waals surface area contributed by atoms with Crippen LogP contribution in [0.25, 0.3) is 0 Å². The fraction of sp³-hybridized carbons (Fsp3) is 0.649. The summed E-state index contributed by atoms with van der Waals surface area (Å²) >= 11 is 0. The highest BCUT2D eigenvalue weighted by molar-refractivity contribution is 5.69. The molecular formula is C37H47NO6. The second-order valence-electron chi connectivity index (χ2n) is 14.3. The topological polar surface area (TPSA) is 66.5 Å². The molecule has 0 aromatic heterocycles. The van der Waals surface area contributed by atoms with E-state index in [0.717, 1.165) is 56.1 Å². The number of ether oxygens (including phenoxy) is 5. The third-order valence-corrected chi connectivity index (χ3v) is 12.7. The molecular weight excluding hydrogens is 554 g/mol. The van der Waals surface area contributed by atoms with Crippen LogP contribution in [0.4, 0.5) is 0 Å². The van der Waals surface area contributed by atoms with Gasteiger partial charge in [-0.3, -0.25) is 9.69 Å². The molecule has 44 heavy (non-hydrogen) atoms. The minimum Gasteiger partial charge on any atom is -0.493 e. The number of hydrogen-bond acceptors (Lipinski definition) is 7. The van der Waals surface area contributed by atoms with E-state index >= 15 is 0 Å². The second-order valence-corrected chi connectivity index (χ2v) is 14.3. The average Bonchev–Trinajstić information content (AvgIpc) is 3.79. The maximum absolute atomic E-state index is 13.0. The number of hydrogen-bond donors (Lipinski definition) is 0. The fourth-order valence-electron chi connectivity index (χ4n) is 11.1. The molecule has 4 saturated carbocycles. The lowest BCUT2D eigenvalue weighted by molar-refractivity contribution is -0.312. The summed E-state index contributed by atoms with van der Waals surface area (Å²) in [5, 5.41) is 0. The van der Waals surface area contributed by atoms with Crippen LogP contribution in [-0.2, 0) is 37.4 Å². The number of carbonyl (C=O) groups is 1. The summed E-state index contributed by atoms with van der Waals surface area (Å²) in [7, 11) is 3.64. The van der Waals surface area contributed by atoms with E-state index in [2.05, 4.69) is 41.3 Å². The Morgan fingerprint density at radius 1 is 1.05 bits per heavy atom. The Morgan fingerprint density at radius 2 is 1.89 bits per heavy atom. The first kappa shape index (κ1) is 28.8. The molecule has 0 radical (unpaired) electrons. The van der Waals surface area contributed by atoms with E-state index in [1.807, 2.05) is 20.1 Å². The van der Waals surface area contributed by atoms with Crippen LogP contribution >= 0.6 is 0 Å². The second kappa shape index (κ2) is 10.7. The van der Waals surface area contributed by atoms with E-state index in [9.17, 15) is 4.79 Å². The smallest absolute Gasteiger partial charge is 0.305 e. The number of methoxy groups -OCH3 is 2. The molecule has 1 saturated heterocycles. The Bertz CT molecular complexity index is 1410. The molecule has 7 aliphatic rings. The van der Waals surface area contributed by atoms with Gasteiger partial charge in [0.25, 0.3) is 0 Å². The van der Waals surface area contributed by atoms with Gasteiger partial charge in [0.15, 0.2) is 11.5 Å². The Kier molecular flexibility index (Phi) is 7.04. The molecule has 2 aromatic carbocycles. The zero-order chi connectivity index (χ0) is 30.1. The third-order valence-electron chi connectivity index (χ3n) is 12.7. The lowest BCUT2D eigenvalue weighted by Crippen LogP contribution is -2.84. The van der Waals surface area contributed by atoms with Gasteiger partial charge >= 0.3 is 5.97 Å². The van der Waals surface area contributed by atoms with Crippen LogP contribution in [0.1, 0.15) is 68.6 Å². The number of piperidine rings is 1. The van der Waals surface area contributed by atoms with Crippen molar-refractivity contribution in [2.45, 2.75) is 88.1 Å². The van der Waals surface area contributed by atoms with Gasteiger partial charge in [-0.2, -0.15) is 0 Å². The number of carbonyl (C=O) groups excluding carboxylic acids is 1. The van der Waals surface area contributed by atoms with Crippen molar-refractivity contribution in [1.82, 2.24) is 4.90 Å². The first-order chi connectivity index (χ1) is 21.5. The Balaban J connectivity index is 1.27. The number of fused-ring (bicyclic) bond motifs is 2. The van der Waals surface area contributed by atoms with Crippen LogP contribution < -0.4 is 9.47 Å². The van der Waals surface area contributed by atoms with Gasteiger partial charge in [0.1, 0.15) is 11.7 Å². The van der Waals surface area contributed by atoms with Gasteiger partial charge in [-0.1, -0.05) is 36.4 Å². The molecule has 9 rings (SSSR count). The molecule has 2 heterocycles. The number of nitrogens with zero attached hydrogens (tertiary/aromatic N) is 1. The van der Waals surface area contributed by atoms with Gasteiger partial charge in [-0.25, -0.2) is 0 Å². The minimum absolute atomic E-state index is 0.0526. The van der Waals surface area contributed by atoms with E-state index in [4.69, 9.17) is 23.7 Å². The van der Waals surface area contributed by atoms with E-state index in [1.54, 1.807) is 7.11 Å². The van der Waals surface area contributed by atoms with Gasteiger partial charge in [-0.15, -0.1) is 0 Å². The van der Waals surface area contributed by atoms with Gasteiger partial charge in [0, 0.05) is 48.4 Å². The van der Waals surface area contributed by atoms with Crippen LogP contribution in [0.3, 0.4) is 0 Å². The highest BCUT2D eigenvalue weighted by atomic mass is 16.6. The largest absolute Gasteiger partial charge is 0.493 e. The van der Waals surface area contributed by atoms with Crippen molar-refractivity contribution in [3.63, 3.8) is 0 Å². The molecule has 5 fully saturated rings. The number of esters is 1. The molecule has 0 N–H and O–H groups in total. The van der Waals surface area contributed by atoms with Gasteiger partial charge < -0.3 is 23.7 Å². The molecule has 2 spiro atoms. The molecule has 236 valence electrons. The number of benzene rings is 2. The van der Waals surface area contributed by atoms with Gasteiger partial charge in [-0.05, 0) is 87.4 Å². The van der Waals surface area contributed by atoms with Crippen molar-refractivity contribution in [1.29, 1.82) is 0 Å². The van der Waals surface area contributed by atoms with Gasteiger partial charge in [0.05, 0.1) is 26.9 Å². The quantitative estimate of drug-likeness (QED) is 0.289. The summed E-state index contributed by atoms with van der Waals surface area (Å²) in [4.78, 5) is 15.8. The third kappa shape index (κ3) is 3.88. The summed E-state index contributed by atoms with van der Waals surface area (Å²) < 4.78 is 32.2. The Labute approximate surface area is 261 Å². The predicted molar refractivity (Wildman–Crippen MR) is 166 cm³/mol. The highest BCUT2D eigenvalue weighted by Crippen LogP contribution is 2.78. The van der Waals surface area contributed by atoms with Crippen LogP contribution in [0, 0.1) is 23.2 Å². The Morgan fingerprint density at radius 3 is 2.64 bits per heavy atom. The zero-order valence-electron chi connectivity index (χ0n) is 26.5. The zero-order valence-corrected chi connectivity index (χ0v) is 26.5. The molecule has 5 aliphatic carbocycles. The summed E-state index contributed by atoms with van der Waals surface area (Å²) in [6.07, 6.45) is 7.85. The molecule has 4 bridgehead atoms. The molecule has 0 unspecified atom stereocenters. The average molecular weight is 602 g/mol. The predicted octanol–water partition coefficient (Wildman–Crippen LogP) is 5.71. The van der Waals surface area contributed by atoms with Crippen molar-refractivity contribution >= 4 is 5.97 Å². The monoisotopic (exact) mass is 601 g/mol. The molecule has 7 nitrogen and oxygen atoms in total. The lowest BCUT2D eigenvalue weighted by Gasteiger charge is -2.76. The van der Waals surface area contributed by atoms with E-state index < -0.39 is 5.60 Å². The van der Waals surface area contributed by atoms with Crippen molar-refractivity contribution in [3.05, 3.63) is 59.2 Å². The molecule has 2 aromatic rings.